The van der Waals surface area contributed by atoms with Gasteiger partial charge in [-0.2, -0.15) is 0 Å². The van der Waals surface area contributed by atoms with Gasteiger partial charge in [-0.3, -0.25) is 9.59 Å². The standard InChI is InChI=1S/C15H21N3O2/c1-15(8-2-3-12(15)16)14(20)18-11-6-4-10(5-7-11)9-13(17)19/h4-7,12H,2-3,8-9,16H2,1H3,(H2,17,19)(H,18,20). The Morgan fingerprint density at radius 3 is 2.50 bits per heavy atom. The van der Waals surface area contributed by atoms with Gasteiger partial charge in [0.1, 0.15) is 0 Å². The van der Waals surface area contributed by atoms with Gasteiger partial charge < -0.3 is 16.8 Å². The van der Waals surface area contributed by atoms with Gasteiger partial charge in [-0.1, -0.05) is 18.6 Å². The molecular weight excluding hydrogens is 254 g/mol. The zero-order chi connectivity index (χ0) is 14.8. The summed E-state index contributed by atoms with van der Waals surface area (Å²) in [6.07, 6.45) is 2.90. The van der Waals surface area contributed by atoms with E-state index in [0.717, 1.165) is 24.8 Å². The number of carbonyl (C=O) groups is 2. The summed E-state index contributed by atoms with van der Waals surface area (Å²) in [6.45, 7) is 1.92. The van der Waals surface area contributed by atoms with Crippen LogP contribution < -0.4 is 16.8 Å². The lowest BCUT2D eigenvalue weighted by atomic mass is 9.84. The lowest BCUT2D eigenvalue weighted by Gasteiger charge is -2.27. The van der Waals surface area contributed by atoms with Crippen molar-refractivity contribution in [2.24, 2.45) is 16.9 Å². The van der Waals surface area contributed by atoms with Gasteiger partial charge in [0.05, 0.1) is 11.8 Å². The molecule has 5 N–H and O–H groups in total. The van der Waals surface area contributed by atoms with Crippen LogP contribution >= 0.6 is 0 Å². The predicted octanol–water partition coefficient (Wildman–Crippen LogP) is 1.17. The third-order valence-electron chi connectivity index (χ3n) is 4.14. The van der Waals surface area contributed by atoms with Crippen molar-refractivity contribution in [3.8, 4) is 0 Å². The van der Waals surface area contributed by atoms with Crippen LogP contribution in [0.5, 0.6) is 0 Å². The number of anilines is 1. The smallest absolute Gasteiger partial charge is 0.231 e. The monoisotopic (exact) mass is 275 g/mol. The first-order chi connectivity index (χ1) is 9.41. The van der Waals surface area contributed by atoms with Crippen LogP contribution in [0.2, 0.25) is 0 Å². The molecule has 2 unspecified atom stereocenters. The number of amides is 2. The molecule has 0 aliphatic heterocycles. The van der Waals surface area contributed by atoms with Crippen molar-refractivity contribution in [3.05, 3.63) is 29.8 Å². The van der Waals surface area contributed by atoms with Gasteiger partial charge in [0.15, 0.2) is 0 Å². The summed E-state index contributed by atoms with van der Waals surface area (Å²) in [5.41, 5.74) is 12.2. The van der Waals surface area contributed by atoms with E-state index in [1.54, 1.807) is 24.3 Å². The van der Waals surface area contributed by atoms with E-state index in [0.29, 0.717) is 5.69 Å². The summed E-state index contributed by atoms with van der Waals surface area (Å²) < 4.78 is 0. The summed E-state index contributed by atoms with van der Waals surface area (Å²) in [6, 6.07) is 7.05. The molecule has 1 aromatic carbocycles. The molecule has 0 spiro atoms. The molecule has 1 aliphatic carbocycles. The number of primary amides is 1. The second-order valence-corrected chi connectivity index (χ2v) is 5.71. The van der Waals surface area contributed by atoms with Gasteiger partial charge in [-0.25, -0.2) is 0 Å². The van der Waals surface area contributed by atoms with Crippen molar-refractivity contribution >= 4 is 17.5 Å². The van der Waals surface area contributed by atoms with Crippen molar-refractivity contribution in [1.82, 2.24) is 0 Å². The molecule has 0 aromatic heterocycles. The molecule has 0 heterocycles. The lowest BCUT2D eigenvalue weighted by molar-refractivity contribution is -0.125. The molecule has 0 radical (unpaired) electrons. The maximum atomic E-state index is 12.3. The van der Waals surface area contributed by atoms with Crippen LogP contribution in [0.3, 0.4) is 0 Å². The molecule has 1 fully saturated rings. The predicted molar refractivity (Wildman–Crippen MR) is 77.9 cm³/mol. The van der Waals surface area contributed by atoms with Crippen LogP contribution in [0, 0.1) is 5.41 Å². The van der Waals surface area contributed by atoms with Crippen LogP contribution in [-0.2, 0) is 16.0 Å². The van der Waals surface area contributed by atoms with Crippen molar-refractivity contribution in [2.75, 3.05) is 5.32 Å². The van der Waals surface area contributed by atoms with E-state index < -0.39 is 5.41 Å². The number of nitrogens with two attached hydrogens (primary N) is 2. The Morgan fingerprint density at radius 1 is 1.35 bits per heavy atom. The number of nitrogens with one attached hydrogen (secondary N) is 1. The minimum Gasteiger partial charge on any atom is -0.369 e. The molecule has 2 atom stereocenters. The Hall–Kier alpha value is -1.88. The van der Waals surface area contributed by atoms with Gasteiger partial charge in [-0.15, -0.1) is 0 Å². The largest absolute Gasteiger partial charge is 0.369 e. The molecule has 108 valence electrons. The normalized spacial score (nSPS) is 25.4. The van der Waals surface area contributed by atoms with Crippen molar-refractivity contribution in [3.63, 3.8) is 0 Å². The first-order valence-corrected chi connectivity index (χ1v) is 6.86. The van der Waals surface area contributed by atoms with Gasteiger partial charge in [0, 0.05) is 11.7 Å². The third-order valence-corrected chi connectivity index (χ3v) is 4.14. The average Bonchev–Trinajstić information content (AvgIpc) is 2.73. The fourth-order valence-electron chi connectivity index (χ4n) is 2.66. The Balaban J connectivity index is 2.03. The number of benzene rings is 1. The third kappa shape index (κ3) is 2.99. The summed E-state index contributed by atoms with van der Waals surface area (Å²) >= 11 is 0. The second kappa shape index (κ2) is 5.63. The van der Waals surface area contributed by atoms with Gasteiger partial charge in [-0.05, 0) is 37.5 Å². The molecule has 2 amide bonds. The Bertz CT molecular complexity index is 512. The second-order valence-electron chi connectivity index (χ2n) is 5.71. The molecule has 0 saturated heterocycles. The highest BCUT2D eigenvalue weighted by Gasteiger charge is 2.42. The first kappa shape index (κ1) is 14.5. The summed E-state index contributed by atoms with van der Waals surface area (Å²) in [5.74, 6) is -0.406. The summed E-state index contributed by atoms with van der Waals surface area (Å²) in [4.78, 5) is 23.2. The van der Waals surface area contributed by atoms with Crippen LogP contribution in [-0.4, -0.2) is 17.9 Å². The Morgan fingerprint density at radius 2 is 2.00 bits per heavy atom. The van der Waals surface area contributed by atoms with Crippen molar-refractivity contribution < 1.29 is 9.59 Å². The quantitative estimate of drug-likeness (QED) is 0.769. The van der Waals surface area contributed by atoms with E-state index in [2.05, 4.69) is 5.32 Å². The van der Waals surface area contributed by atoms with Crippen molar-refractivity contribution in [2.45, 2.75) is 38.6 Å². The minimum absolute atomic E-state index is 0.0369. The number of hydrogen-bond acceptors (Lipinski definition) is 3. The summed E-state index contributed by atoms with van der Waals surface area (Å²) in [5, 5.41) is 2.90. The van der Waals surface area contributed by atoms with E-state index >= 15 is 0 Å². The molecule has 5 nitrogen and oxygen atoms in total. The Kier molecular flexibility index (Phi) is 4.09. The van der Waals surface area contributed by atoms with E-state index in [1.807, 2.05) is 6.92 Å². The number of rotatable bonds is 4. The first-order valence-electron chi connectivity index (χ1n) is 6.86. The maximum Gasteiger partial charge on any atom is 0.231 e. The Labute approximate surface area is 118 Å². The van der Waals surface area contributed by atoms with Crippen LogP contribution in [0.25, 0.3) is 0 Å². The summed E-state index contributed by atoms with van der Waals surface area (Å²) in [7, 11) is 0. The molecule has 2 rings (SSSR count). The van der Waals surface area contributed by atoms with Crippen LogP contribution in [0.1, 0.15) is 31.7 Å². The molecule has 1 saturated carbocycles. The van der Waals surface area contributed by atoms with E-state index in [4.69, 9.17) is 11.5 Å². The fourth-order valence-corrected chi connectivity index (χ4v) is 2.66. The van der Waals surface area contributed by atoms with E-state index in [1.165, 1.54) is 0 Å². The molecule has 1 aliphatic rings. The van der Waals surface area contributed by atoms with E-state index in [-0.39, 0.29) is 24.3 Å². The zero-order valence-electron chi connectivity index (χ0n) is 11.7. The van der Waals surface area contributed by atoms with Crippen LogP contribution in [0.15, 0.2) is 24.3 Å². The number of hydrogen-bond donors (Lipinski definition) is 3. The highest BCUT2D eigenvalue weighted by Crippen LogP contribution is 2.37. The van der Waals surface area contributed by atoms with Gasteiger partial charge >= 0.3 is 0 Å². The molecule has 5 heteroatoms. The fraction of sp³-hybridized carbons (Fsp3) is 0.467. The number of carbonyl (C=O) groups excluding carboxylic acids is 2. The lowest BCUT2D eigenvalue weighted by Crippen LogP contribution is -2.44. The highest BCUT2D eigenvalue weighted by molar-refractivity contribution is 5.95. The topological polar surface area (TPSA) is 98.2 Å². The zero-order valence-corrected chi connectivity index (χ0v) is 11.7. The minimum atomic E-state index is -0.494. The van der Waals surface area contributed by atoms with Gasteiger partial charge in [0.25, 0.3) is 0 Å². The highest BCUT2D eigenvalue weighted by atomic mass is 16.2. The maximum absolute atomic E-state index is 12.3. The SMILES string of the molecule is CC1(C(=O)Nc2ccc(CC(N)=O)cc2)CCCC1N. The van der Waals surface area contributed by atoms with Crippen molar-refractivity contribution in [1.29, 1.82) is 0 Å². The average molecular weight is 275 g/mol. The molecule has 20 heavy (non-hydrogen) atoms. The molecule has 0 bridgehead atoms. The molecular formula is C15H21N3O2. The molecule has 1 aromatic rings. The van der Waals surface area contributed by atoms with Crippen LogP contribution in [0.4, 0.5) is 5.69 Å². The van der Waals surface area contributed by atoms with Gasteiger partial charge in [0.2, 0.25) is 11.8 Å². The van der Waals surface area contributed by atoms with E-state index in [9.17, 15) is 9.59 Å².